The number of hydrogen-bond acceptors (Lipinski definition) is 1. The molecule has 0 aromatic carbocycles. The van der Waals surface area contributed by atoms with Crippen molar-refractivity contribution in [3.8, 4) is 0 Å². The van der Waals surface area contributed by atoms with E-state index in [1.54, 1.807) is 0 Å². The Hall–Kier alpha value is 0.439. The van der Waals surface area contributed by atoms with E-state index in [2.05, 4.69) is 28.1 Å². The van der Waals surface area contributed by atoms with Gasteiger partial charge < -0.3 is 0 Å². The van der Waals surface area contributed by atoms with E-state index < -0.39 is 0 Å². The molecule has 56 valence electrons. The molecular weight excluding hydrogens is 257 g/mol. The third-order valence-electron chi connectivity index (χ3n) is 1.15. The Morgan fingerprint density at radius 1 is 1.70 bits per heavy atom. The van der Waals surface area contributed by atoms with E-state index in [9.17, 15) is 0 Å². The minimum absolute atomic E-state index is 0.305. The van der Waals surface area contributed by atoms with Crippen molar-refractivity contribution in [2.24, 2.45) is 5.73 Å². The second-order valence-corrected chi connectivity index (χ2v) is 6.87. The average Bonchev–Trinajstić information content (AvgIpc) is 2.13. The fourth-order valence-electron chi connectivity index (χ4n) is 0.779. The zero-order chi connectivity index (χ0) is 7.56. The second kappa shape index (κ2) is 3.72. The molecule has 0 saturated heterocycles. The molecule has 0 aliphatic carbocycles. The molecule has 2 N–H and O–H groups in total. The SMILES string of the molecule is C[C@@H](N)Cc1ccc(Br)[se]1. The summed E-state index contributed by atoms with van der Waals surface area (Å²) in [5.74, 6) is 0. The van der Waals surface area contributed by atoms with Crippen molar-refractivity contribution in [2.45, 2.75) is 19.4 Å². The Morgan fingerprint density at radius 2 is 2.40 bits per heavy atom. The van der Waals surface area contributed by atoms with Crippen molar-refractivity contribution >= 4 is 30.4 Å². The molecule has 0 aliphatic rings. The van der Waals surface area contributed by atoms with Gasteiger partial charge in [-0.2, -0.15) is 0 Å². The summed E-state index contributed by atoms with van der Waals surface area (Å²) in [5, 5.41) is 0. The van der Waals surface area contributed by atoms with Gasteiger partial charge in [-0.3, -0.25) is 0 Å². The topological polar surface area (TPSA) is 26.0 Å². The number of rotatable bonds is 2. The predicted molar refractivity (Wildman–Crippen MR) is 48.4 cm³/mol. The molecule has 10 heavy (non-hydrogen) atoms. The van der Waals surface area contributed by atoms with E-state index in [1.165, 1.54) is 7.78 Å². The molecule has 0 bridgehead atoms. The van der Waals surface area contributed by atoms with Gasteiger partial charge in [0.1, 0.15) is 0 Å². The van der Waals surface area contributed by atoms with Crippen molar-refractivity contribution < 1.29 is 0 Å². The molecule has 0 amide bonds. The summed E-state index contributed by atoms with van der Waals surface area (Å²) < 4.78 is 2.82. The molecule has 1 aromatic heterocycles. The maximum atomic E-state index is 5.65. The Balaban J connectivity index is 2.58. The molecule has 0 spiro atoms. The van der Waals surface area contributed by atoms with Crippen LogP contribution < -0.4 is 5.73 Å². The summed E-state index contributed by atoms with van der Waals surface area (Å²) in [7, 11) is 0. The van der Waals surface area contributed by atoms with Crippen LogP contribution in [0.15, 0.2) is 15.5 Å². The fraction of sp³-hybridized carbons (Fsp3) is 0.429. The Morgan fingerprint density at radius 3 is 2.80 bits per heavy atom. The summed E-state index contributed by atoms with van der Waals surface area (Å²) in [4.78, 5) is 0. The van der Waals surface area contributed by atoms with Gasteiger partial charge in [-0.05, 0) is 0 Å². The van der Waals surface area contributed by atoms with Gasteiger partial charge in [0, 0.05) is 0 Å². The molecule has 1 rings (SSSR count). The van der Waals surface area contributed by atoms with E-state index in [4.69, 9.17) is 5.73 Å². The molecule has 1 heterocycles. The molecule has 0 radical (unpaired) electrons. The normalized spacial score (nSPS) is 13.5. The van der Waals surface area contributed by atoms with Gasteiger partial charge in [-0.1, -0.05) is 0 Å². The molecule has 1 aromatic rings. The molecule has 0 fully saturated rings. The summed E-state index contributed by atoms with van der Waals surface area (Å²) in [6.45, 7) is 2.04. The zero-order valence-corrected chi connectivity index (χ0v) is 9.10. The summed E-state index contributed by atoms with van der Waals surface area (Å²) in [5.41, 5.74) is 5.65. The number of halogens is 1. The molecule has 0 aliphatic heterocycles. The van der Waals surface area contributed by atoms with E-state index in [1.807, 2.05) is 6.92 Å². The zero-order valence-electron chi connectivity index (χ0n) is 5.80. The quantitative estimate of drug-likeness (QED) is 0.805. The van der Waals surface area contributed by atoms with Crippen LogP contribution in [0.3, 0.4) is 0 Å². The summed E-state index contributed by atoms with van der Waals surface area (Å²) in [6, 6.07) is 4.60. The van der Waals surface area contributed by atoms with Gasteiger partial charge >= 0.3 is 75.5 Å². The van der Waals surface area contributed by atoms with Crippen molar-refractivity contribution in [1.82, 2.24) is 0 Å². The summed E-state index contributed by atoms with van der Waals surface area (Å²) in [6.07, 6.45) is 1.05. The third kappa shape index (κ3) is 2.59. The van der Waals surface area contributed by atoms with Crippen molar-refractivity contribution in [1.29, 1.82) is 0 Å². The molecule has 3 heteroatoms. The van der Waals surface area contributed by atoms with Crippen molar-refractivity contribution in [3.63, 3.8) is 0 Å². The Kier molecular flexibility index (Phi) is 3.18. The predicted octanol–water partition coefficient (Wildman–Crippen LogP) is 1.40. The van der Waals surface area contributed by atoms with Crippen LogP contribution >= 0.6 is 15.9 Å². The van der Waals surface area contributed by atoms with Gasteiger partial charge in [-0.25, -0.2) is 0 Å². The maximum absolute atomic E-state index is 5.65. The minimum atomic E-state index is 0.305. The second-order valence-electron chi connectivity index (χ2n) is 2.39. The molecule has 1 nitrogen and oxygen atoms in total. The van der Waals surface area contributed by atoms with Crippen LogP contribution in [0.2, 0.25) is 0 Å². The van der Waals surface area contributed by atoms with Crippen LogP contribution in [0.1, 0.15) is 11.4 Å². The molecular formula is C7H10BrNSe. The fourth-order valence-corrected chi connectivity index (χ4v) is 3.81. The molecule has 0 saturated carbocycles. The number of hydrogen-bond donors (Lipinski definition) is 1. The standard InChI is InChI=1S/C7H10BrNSe/c1-5(9)4-6-2-3-7(8)10-6/h2-3,5H,4,9H2,1H3/t5-/m1/s1. The first-order valence-corrected chi connectivity index (χ1v) is 5.69. The van der Waals surface area contributed by atoms with Gasteiger partial charge in [0.25, 0.3) is 0 Å². The van der Waals surface area contributed by atoms with E-state index in [0.29, 0.717) is 20.5 Å². The van der Waals surface area contributed by atoms with Crippen molar-refractivity contribution in [2.75, 3.05) is 0 Å². The van der Waals surface area contributed by atoms with Gasteiger partial charge in [-0.15, -0.1) is 0 Å². The van der Waals surface area contributed by atoms with Gasteiger partial charge in [0.05, 0.1) is 0 Å². The van der Waals surface area contributed by atoms with E-state index in [-0.39, 0.29) is 0 Å². The first-order chi connectivity index (χ1) is 4.68. The first-order valence-electron chi connectivity index (χ1n) is 3.18. The van der Waals surface area contributed by atoms with Gasteiger partial charge in [0.2, 0.25) is 0 Å². The summed E-state index contributed by atoms with van der Waals surface area (Å²) >= 11 is 4.00. The monoisotopic (exact) mass is 267 g/mol. The Bertz CT molecular complexity index is 207. The van der Waals surface area contributed by atoms with Crippen LogP contribution in [0.25, 0.3) is 0 Å². The van der Waals surface area contributed by atoms with Crippen LogP contribution in [0.4, 0.5) is 0 Å². The van der Waals surface area contributed by atoms with Crippen LogP contribution in [0, 0.1) is 0 Å². The first kappa shape index (κ1) is 8.54. The molecule has 0 unspecified atom stereocenters. The average molecular weight is 267 g/mol. The van der Waals surface area contributed by atoms with Crippen LogP contribution in [0.5, 0.6) is 0 Å². The van der Waals surface area contributed by atoms with Gasteiger partial charge in [0.15, 0.2) is 0 Å². The third-order valence-corrected chi connectivity index (χ3v) is 4.14. The Labute approximate surface area is 75.5 Å². The van der Waals surface area contributed by atoms with E-state index >= 15 is 0 Å². The van der Waals surface area contributed by atoms with Crippen LogP contribution in [-0.4, -0.2) is 20.5 Å². The van der Waals surface area contributed by atoms with E-state index in [0.717, 1.165) is 6.42 Å². The number of nitrogens with two attached hydrogens (primary N) is 1. The van der Waals surface area contributed by atoms with Crippen LogP contribution in [-0.2, 0) is 6.42 Å². The molecule has 1 atom stereocenters. The van der Waals surface area contributed by atoms with Crippen molar-refractivity contribution in [3.05, 3.63) is 19.9 Å².